The van der Waals surface area contributed by atoms with Gasteiger partial charge in [-0.05, 0) is 72.2 Å². The van der Waals surface area contributed by atoms with Crippen LogP contribution >= 0.6 is 22.6 Å². The normalized spacial score (nSPS) is 14.8. The number of amides is 1. The maximum Gasteiger partial charge on any atom is 0.227 e. The number of carbonyl (C=O) groups excluding carboxylic acids is 2. The van der Waals surface area contributed by atoms with Gasteiger partial charge in [-0.15, -0.1) is 0 Å². The Hall–Kier alpha value is -1.85. The van der Waals surface area contributed by atoms with Crippen LogP contribution in [0.2, 0.25) is 0 Å². The van der Waals surface area contributed by atoms with Crippen molar-refractivity contribution in [3.05, 3.63) is 63.5 Å². The number of unbranched alkanes of at least 4 members (excludes halogenated alkanes) is 1. The third kappa shape index (κ3) is 6.11. The van der Waals surface area contributed by atoms with E-state index in [4.69, 9.17) is 0 Å². The van der Waals surface area contributed by atoms with E-state index in [0.717, 1.165) is 3.57 Å². The van der Waals surface area contributed by atoms with Crippen molar-refractivity contribution in [2.45, 2.75) is 32.2 Å². The molecular formula is C22H24FIN2O4S. The Morgan fingerprint density at radius 1 is 1.13 bits per heavy atom. The van der Waals surface area contributed by atoms with Crippen molar-refractivity contribution in [2.24, 2.45) is 0 Å². The lowest BCUT2D eigenvalue weighted by atomic mass is 10.00. The zero-order valence-corrected chi connectivity index (χ0v) is 20.1. The van der Waals surface area contributed by atoms with Crippen molar-refractivity contribution in [1.82, 2.24) is 4.31 Å². The molecular weight excluding hydrogens is 534 g/mol. The fraction of sp³-hybridized carbons (Fsp3) is 0.364. The summed E-state index contributed by atoms with van der Waals surface area (Å²) in [4.78, 5) is 27.2. The molecule has 1 amide bonds. The summed E-state index contributed by atoms with van der Waals surface area (Å²) >= 11 is 2.11. The van der Waals surface area contributed by atoms with Crippen LogP contribution in [-0.4, -0.2) is 43.3 Å². The van der Waals surface area contributed by atoms with Gasteiger partial charge in [-0.25, -0.2) is 12.8 Å². The minimum absolute atomic E-state index is 0.00698. The van der Waals surface area contributed by atoms with Crippen molar-refractivity contribution >= 4 is 50.0 Å². The lowest BCUT2D eigenvalue weighted by Crippen LogP contribution is -2.39. The number of carbonyl (C=O) groups is 2. The molecule has 166 valence electrons. The standard InChI is InChI=1S/C22H24FIN2O4S/c1-16(27)22(19-9-2-3-10-20(19)24)26(18-8-6-7-17(23)15-18)21(28)11-4-5-14-31(29,30)25-12-13-25/h2-3,6-10,15,22H,4-5,11-14H2,1H3. The number of hydrogen-bond donors (Lipinski definition) is 0. The summed E-state index contributed by atoms with van der Waals surface area (Å²) in [7, 11) is -3.24. The highest BCUT2D eigenvalue weighted by molar-refractivity contribution is 14.1. The van der Waals surface area contributed by atoms with Crippen molar-refractivity contribution in [3.8, 4) is 0 Å². The second kappa shape index (κ2) is 10.2. The Morgan fingerprint density at radius 2 is 1.84 bits per heavy atom. The van der Waals surface area contributed by atoms with Crippen LogP contribution in [0.25, 0.3) is 0 Å². The number of benzene rings is 2. The van der Waals surface area contributed by atoms with Crippen LogP contribution < -0.4 is 4.90 Å². The van der Waals surface area contributed by atoms with Gasteiger partial charge in [0, 0.05) is 28.8 Å². The molecule has 2 aromatic rings. The molecule has 1 atom stereocenters. The molecule has 1 unspecified atom stereocenters. The van der Waals surface area contributed by atoms with Crippen LogP contribution in [0, 0.1) is 9.39 Å². The molecule has 1 aliphatic heterocycles. The number of hydrogen-bond acceptors (Lipinski definition) is 4. The highest BCUT2D eigenvalue weighted by Gasteiger charge is 2.33. The topological polar surface area (TPSA) is 74.5 Å². The molecule has 0 saturated carbocycles. The Bertz CT molecular complexity index is 1070. The third-order valence-electron chi connectivity index (χ3n) is 5.04. The lowest BCUT2D eigenvalue weighted by molar-refractivity contribution is -0.124. The van der Waals surface area contributed by atoms with Gasteiger partial charge in [0.15, 0.2) is 5.78 Å². The second-order valence-corrected chi connectivity index (χ2v) is 10.7. The number of rotatable bonds is 10. The lowest BCUT2D eigenvalue weighted by Gasteiger charge is -2.31. The van der Waals surface area contributed by atoms with Crippen LogP contribution in [0.15, 0.2) is 48.5 Å². The molecule has 9 heteroatoms. The van der Waals surface area contributed by atoms with E-state index in [9.17, 15) is 22.4 Å². The second-order valence-electron chi connectivity index (χ2n) is 7.45. The Morgan fingerprint density at radius 3 is 2.45 bits per heavy atom. The first kappa shape index (κ1) is 23.8. The average Bonchev–Trinajstić information content (AvgIpc) is 3.56. The van der Waals surface area contributed by atoms with Gasteiger partial charge in [-0.1, -0.05) is 24.3 Å². The zero-order valence-electron chi connectivity index (χ0n) is 17.1. The van der Waals surface area contributed by atoms with Gasteiger partial charge in [-0.2, -0.15) is 4.31 Å². The molecule has 0 aliphatic carbocycles. The van der Waals surface area contributed by atoms with Gasteiger partial charge in [0.05, 0.1) is 5.75 Å². The van der Waals surface area contributed by atoms with Crippen LogP contribution in [0.1, 0.15) is 37.8 Å². The van der Waals surface area contributed by atoms with E-state index >= 15 is 0 Å². The van der Waals surface area contributed by atoms with Crippen LogP contribution in [0.5, 0.6) is 0 Å². The van der Waals surface area contributed by atoms with Crippen LogP contribution in [0.3, 0.4) is 0 Å². The molecule has 1 aliphatic rings. The smallest absolute Gasteiger partial charge is 0.227 e. The number of nitrogens with zero attached hydrogens (tertiary/aromatic N) is 2. The highest BCUT2D eigenvalue weighted by atomic mass is 127. The van der Waals surface area contributed by atoms with Gasteiger partial charge in [0.1, 0.15) is 11.9 Å². The van der Waals surface area contributed by atoms with Crippen molar-refractivity contribution in [1.29, 1.82) is 0 Å². The van der Waals surface area contributed by atoms with E-state index in [1.807, 2.05) is 12.1 Å². The summed E-state index contributed by atoms with van der Waals surface area (Å²) in [6.45, 7) is 2.53. The van der Waals surface area contributed by atoms with Gasteiger partial charge >= 0.3 is 0 Å². The van der Waals surface area contributed by atoms with Crippen LogP contribution in [0.4, 0.5) is 10.1 Å². The third-order valence-corrected chi connectivity index (χ3v) is 7.98. The molecule has 31 heavy (non-hydrogen) atoms. The average molecular weight is 558 g/mol. The largest absolute Gasteiger partial charge is 0.298 e. The maximum atomic E-state index is 14.0. The minimum atomic E-state index is -3.24. The van der Waals surface area contributed by atoms with Crippen molar-refractivity contribution < 1.29 is 22.4 Å². The summed E-state index contributed by atoms with van der Waals surface area (Å²) in [5, 5.41) is 0. The van der Waals surface area contributed by atoms with Gasteiger partial charge in [-0.3, -0.25) is 14.5 Å². The van der Waals surface area contributed by atoms with Gasteiger partial charge in [0.25, 0.3) is 0 Å². The molecule has 0 aromatic heterocycles. The Labute approximate surface area is 195 Å². The number of halogens is 2. The summed E-state index contributed by atoms with van der Waals surface area (Å²) < 4.78 is 40.2. The van der Waals surface area contributed by atoms with E-state index in [1.165, 1.54) is 34.3 Å². The summed E-state index contributed by atoms with van der Waals surface area (Å²) in [5.41, 5.74) is 0.957. The molecule has 2 aromatic carbocycles. The van der Waals surface area contributed by atoms with Gasteiger partial charge < -0.3 is 0 Å². The summed E-state index contributed by atoms with van der Waals surface area (Å²) in [6.07, 6.45) is 0.753. The SMILES string of the molecule is CC(=O)C(c1ccccc1I)N(C(=O)CCCCS(=O)(=O)N1CC1)c1cccc(F)c1. The quantitative estimate of drug-likeness (QED) is 0.252. The number of Topliss-reactive ketones (excluding diaryl/α,β-unsaturated/α-hetero) is 1. The van der Waals surface area contributed by atoms with E-state index in [-0.39, 0.29) is 23.9 Å². The molecule has 1 fully saturated rings. The van der Waals surface area contributed by atoms with Crippen molar-refractivity contribution in [3.63, 3.8) is 0 Å². The number of anilines is 1. The predicted octanol–water partition coefficient (Wildman–Crippen LogP) is 3.91. The number of sulfonamides is 1. The van der Waals surface area contributed by atoms with Gasteiger partial charge in [0.2, 0.25) is 15.9 Å². The molecule has 0 radical (unpaired) electrons. The van der Waals surface area contributed by atoms with Crippen molar-refractivity contribution in [2.75, 3.05) is 23.7 Å². The predicted molar refractivity (Wildman–Crippen MR) is 126 cm³/mol. The Balaban J connectivity index is 1.84. The van der Waals surface area contributed by atoms with E-state index < -0.39 is 21.9 Å². The monoisotopic (exact) mass is 558 g/mol. The molecule has 6 nitrogen and oxygen atoms in total. The fourth-order valence-electron chi connectivity index (χ4n) is 3.43. The Kier molecular flexibility index (Phi) is 7.82. The molecule has 1 heterocycles. The van der Waals surface area contributed by atoms with E-state index in [0.29, 0.717) is 37.2 Å². The van der Waals surface area contributed by atoms with E-state index in [1.54, 1.807) is 18.2 Å². The fourth-order valence-corrected chi connectivity index (χ4v) is 5.58. The first-order valence-corrected chi connectivity index (χ1v) is 12.7. The van der Waals surface area contributed by atoms with E-state index in [2.05, 4.69) is 22.6 Å². The highest BCUT2D eigenvalue weighted by Crippen LogP contribution is 2.32. The summed E-state index contributed by atoms with van der Waals surface area (Å²) in [5.74, 6) is -1.11. The molecule has 0 spiro atoms. The minimum Gasteiger partial charge on any atom is -0.298 e. The maximum absolute atomic E-state index is 14.0. The number of ketones is 1. The molecule has 0 N–H and O–H groups in total. The van der Waals surface area contributed by atoms with Crippen LogP contribution in [-0.2, 0) is 19.6 Å². The zero-order chi connectivity index (χ0) is 22.6. The first-order chi connectivity index (χ1) is 14.7. The molecule has 3 rings (SSSR count). The molecule has 1 saturated heterocycles. The summed E-state index contributed by atoms with van der Waals surface area (Å²) in [6, 6.07) is 12.0. The first-order valence-electron chi connectivity index (χ1n) is 10.0. The molecule has 0 bridgehead atoms.